The maximum atomic E-state index is 12.1. The molecule has 108 valence electrons. The van der Waals surface area contributed by atoms with Gasteiger partial charge >= 0.3 is 0 Å². The smallest absolute Gasteiger partial charge is 0.216 e. The standard InChI is InChI=1S/C19H15NO2/c21-20(17-9-3-1-4-10-17)15-16-8-7-13-19(14-16)22-18-11-5-2-6-12-18/h1-15H/b20-15-. The predicted octanol–water partition coefficient (Wildman–Crippen LogP) is 4.74. The van der Waals surface area contributed by atoms with Crippen molar-refractivity contribution >= 4 is 11.9 Å². The van der Waals surface area contributed by atoms with Crippen molar-refractivity contribution in [2.24, 2.45) is 0 Å². The van der Waals surface area contributed by atoms with E-state index in [2.05, 4.69) is 0 Å². The molecular weight excluding hydrogens is 274 g/mol. The molecule has 0 spiro atoms. The van der Waals surface area contributed by atoms with E-state index in [1.807, 2.05) is 72.8 Å². The lowest BCUT2D eigenvalue weighted by Crippen LogP contribution is -1.98. The third kappa shape index (κ3) is 3.52. The molecule has 0 amide bonds. The van der Waals surface area contributed by atoms with Gasteiger partial charge in [0.1, 0.15) is 11.5 Å². The summed E-state index contributed by atoms with van der Waals surface area (Å²) in [7, 11) is 0. The molecule has 3 heteroatoms. The molecule has 0 saturated heterocycles. The van der Waals surface area contributed by atoms with Gasteiger partial charge in [0.2, 0.25) is 5.69 Å². The summed E-state index contributed by atoms with van der Waals surface area (Å²) in [5.41, 5.74) is 1.38. The van der Waals surface area contributed by atoms with E-state index >= 15 is 0 Å². The zero-order valence-corrected chi connectivity index (χ0v) is 11.9. The van der Waals surface area contributed by atoms with Crippen LogP contribution >= 0.6 is 0 Å². The highest BCUT2D eigenvalue weighted by Gasteiger charge is 2.02. The summed E-state index contributed by atoms with van der Waals surface area (Å²) >= 11 is 0. The van der Waals surface area contributed by atoms with E-state index < -0.39 is 0 Å². The highest BCUT2D eigenvalue weighted by atomic mass is 16.5. The van der Waals surface area contributed by atoms with Crippen LogP contribution < -0.4 is 4.74 Å². The van der Waals surface area contributed by atoms with Gasteiger partial charge in [-0.15, -0.1) is 0 Å². The number of para-hydroxylation sites is 2. The molecule has 3 rings (SSSR count). The first-order chi connectivity index (χ1) is 10.8. The monoisotopic (exact) mass is 289 g/mol. The normalized spacial score (nSPS) is 11.2. The van der Waals surface area contributed by atoms with Crippen LogP contribution in [-0.4, -0.2) is 11.0 Å². The number of benzene rings is 3. The number of hydrogen-bond donors (Lipinski definition) is 0. The molecule has 22 heavy (non-hydrogen) atoms. The van der Waals surface area contributed by atoms with E-state index in [0.29, 0.717) is 11.4 Å². The molecule has 0 radical (unpaired) electrons. The molecule has 0 saturated carbocycles. The number of ether oxygens (including phenoxy) is 1. The van der Waals surface area contributed by atoms with Gasteiger partial charge in [-0.05, 0) is 30.3 Å². The Morgan fingerprint density at radius 3 is 2.09 bits per heavy atom. The fourth-order valence-electron chi connectivity index (χ4n) is 2.07. The number of nitrogens with zero attached hydrogens (tertiary/aromatic N) is 1. The molecule has 0 heterocycles. The summed E-state index contributed by atoms with van der Waals surface area (Å²) in [6, 6.07) is 26.1. The highest BCUT2D eigenvalue weighted by Crippen LogP contribution is 2.21. The summed E-state index contributed by atoms with van der Waals surface area (Å²) < 4.78 is 6.61. The summed E-state index contributed by atoms with van der Waals surface area (Å²) in [5, 5.41) is 12.1. The minimum Gasteiger partial charge on any atom is -0.618 e. The Labute approximate surface area is 129 Å². The Morgan fingerprint density at radius 1 is 0.727 bits per heavy atom. The fraction of sp³-hybridized carbons (Fsp3) is 0. The minimum atomic E-state index is 0.594. The van der Waals surface area contributed by atoms with E-state index in [1.165, 1.54) is 6.21 Å². The van der Waals surface area contributed by atoms with Crippen molar-refractivity contribution in [2.75, 3.05) is 0 Å². The molecule has 0 unspecified atom stereocenters. The van der Waals surface area contributed by atoms with Crippen LogP contribution in [0.2, 0.25) is 0 Å². The Balaban J connectivity index is 1.82. The quantitative estimate of drug-likeness (QED) is 0.301. The number of hydrogen-bond acceptors (Lipinski definition) is 2. The van der Waals surface area contributed by atoms with Gasteiger partial charge in [-0.25, -0.2) is 0 Å². The Morgan fingerprint density at radius 2 is 1.36 bits per heavy atom. The van der Waals surface area contributed by atoms with Crippen LogP contribution in [-0.2, 0) is 0 Å². The maximum absolute atomic E-state index is 12.1. The Kier molecular flexibility index (Phi) is 4.16. The lowest BCUT2D eigenvalue weighted by molar-refractivity contribution is -0.354. The van der Waals surface area contributed by atoms with E-state index in [9.17, 15) is 5.21 Å². The lowest BCUT2D eigenvalue weighted by atomic mass is 10.2. The van der Waals surface area contributed by atoms with Crippen LogP contribution in [0.4, 0.5) is 5.69 Å². The molecule has 3 aromatic rings. The van der Waals surface area contributed by atoms with E-state index in [4.69, 9.17) is 4.74 Å². The second-order valence-electron chi connectivity index (χ2n) is 4.78. The average Bonchev–Trinajstić information content (AvgIpc) is 2.57. The van der Waals surface area contributed by atoms with Crippen LogP contribution in [0.15, 0.2) is 84.9 Å². The molecule has 3 aromatic carbocycles. The van der Waals surface area contributed by atoms with Crippen molar-refractivity contribution in [3.8, 4) is 11.5 Å². The highest BCUT2D eigenvalue weighted by molar-refractivity contribution is 5.77. The van der Waals surface area contributed by atoms with E-state index in [1.54, 1.807) is 12.1 Å². The van der Waals surface area contributed by atoms with Crippen LogP contribution in [0, 0.1) is 5.21 Å². The third-order valence-corrected chi connectivity index (χ3v) is 3.11. The van der Waals surface area contributed by atoms with Crippen LogP contribution in [0.3, 0.4) is 0 Å². The van der Waals surface area contributed by atoms with Crippen molar-refractivity contribution in [1.29, 1.82) is 0 Å². The SMILES string of the molecule is [O-]/[N+](=C\c1cccc(Oc2ccccc2)c1)c1ccccc1. The van der Waals surface area contributed by atoms with Gasteiger partial charge in [0.25, 0.3) is 0 Å². The topological polar surface area (TPSA) is 35.3 Å². The van der Waals surface area contributed by atoms with E-state index in [0.717, 1.165) is 16.1 Å². The maximum Gasteiger partial charge on any atom is 0.216 e. The van der Waals surface area contributed by atoms with Crippen LogP contribution in [0.5, 0.6) is 11.5 Å². The third-order valence-electron chi connectivity index (χ3n) is 3.11. The first-order valence-corrected chi connectivity index (χ1v) is 7.00. The second kappa shape index (κ2) is 6.59. The molecule has 0 aliphatic heterocycles. The van der Waals surface area contributed by atoms with Gasteiger partial charge in [-0.2, -0.15) is 4.74 Å². The van der Waals surface area contributed by atoms with Gasteiger partial charge in [-0.3, -0.25) is 0 Å². The molecule has 0 fully saturated rings. The molecule has 0 bridgehead atoms. The van der Waals surface area contributed by atoms with Gasteiger partial charge < -0.3 is 9.94 Å². The van der Waals surface area contributed by atoms with Crippen LogP contribution in [0.25, 0.3) is 0 Å². The van der Waals surface area contributed by atoms with Gasteiger partial charge in [-0.1, -0.05) is 42.5 Å². The molecule has 0 N–H and O–H groups in total. The first-order valence-electron chi connectivity index (χ1n) is 7.00. The molecule has 0 aliphatic carbocycles. The molecular formula is C19H15NO2. The Hall–Kier alpha value is -3.07. The summed E-state index contributed by atoms with van der Waals surface area (Å²) in [6.07, 6.45) is 1.53. The summed E-state index contributed by atoms with van der Waals surface area (Å²) in [5.74, 6) is 1.46. The van der Waals surface area contributed by atoms with Crippen LogP contribution in [0.1, 0.15) is 5.56 Å². The largest absolute Gasteiger partial charge is 0.618 e. The zero-order chi connectivity index (χ0) is 15.2. The molecule has 0 aromatic heterocycles. The van der Waals surface area contributed by atoms with E-state index in [-0.39, 0.29) is 0 Å². The average molecular weight is 289 g/mol. The fourth-order valence-corrected chi connectivity index (χ4v) is 2.07. The first kappa shape index (κ1) is 13.9. The Bertz CT molecular complexity index is 768. The summed E-state index contributed by atoms with van der Waals surface area (Å²) in [6.45, 7) is 0. The van der Waals surface area contributed by atoms with Crippen molar-refractivity contribution in [3.05, 3.63) is 95.7 Å². The van der Waals surface area contributed by atoms with Crippen molar-refractivity contribution in [3.63, 3.8) is 0 Å². The van der Waals surface area contributed by atoms with Gasteiger partial charge in [0.15, 0.2) is 6.21 Å². The minimum absolute atomic E-state index is 0.594. The lowest BCUT2D eigenvalue weighted by Gasteiger charge is -2.06. The van der Waals surface area contributed by atoms with Gasteiger partial charge in [0, 0.05) is 17.7 Å². The molecule has 3 nitrogen and oxygen atoms in total. The molecule has 0 aliphatic rings. The van der Waals surface area contributed by atoms with Crippen molar-refractivity contribution in [2.45, 2.75) is 0 Å². The predicted molar refractivity (Wildman–Crippen MR) is 87.9 cm³/mol. The van der Waals surface area contributed by atoms with Crippen molar-refractivity contribution < 1.29 is 9.48 Å². The number of rotatable bonds is 4. The van der Waals surface area contributed by atoms with Crippen molar-refractivity contribution in [1.82, 2.24) is 0 Å². The van der Waals surface area contributed by atoms with Gasteiger partial charge in [0.05, 0.1) is 0 Å². The summed E-state index contributed by atoms with van der Waals surface area (Å²) in [4.78, 5) is 0. The molecule has 0 atom stereocenters. The second-order valence-corrected chi connectivity index (χ2v) is 4.78. The zero-order valence-electron chi connectivity index (χ0n) is 11.9.